The monoisotopic (exact) mass is 361 g/mol. The van der Waals surface area contributed by atoms with Crippen LogP contribution in [0.15, 0.2) is 35.5 Å². The highest BCUT2D eigenvalue weighted by Crippen LogP contribution is 2.32. The zero-order chi connectivity index (χ0) is 18.0. The van der Waals surface area contributed by atoms with E-state index in [2.05, 4.69) is 10.2 Å². The van der Waals surface area contributed by atoms with Gasteiger partial charge in [-0.15, -0.1) is 0 Å². The molecule has 0 spiro atoms. The Kier molecular flexibility index (Phi) is 5.17. The Hall–Kier alpha value is -1.83. The molecule has 25 heavy (non-hydrogen) atoms. The summed E-state index contributed by atoms with van der Waals surface area (Å²) in [5.41, 5.74) is 3.43. The van der Waals surface area contributed by atoms with Gasteiger partial charge in [-0.05, 0) is 56.0 Å². The number of hydrogen-bond donors (Lipinski definition) is 0. The fourth-order valence-electron chi connectivity index (χ4n) is 3.13. The van der Waals surface area contributed by atoms with Crippen molar-refractivity contribution in [2.75, 3.05) is 20.2 Å². The number of methoxy groups -OCH3 is 1. The molecule has 0 aliphatic carbocycles. The summed E-state index contributed by atoms with van der Waals surface area (Å²) < 4.78 is 33.5. The van der Waals surface area contributed by atoms with Gasteiger partial charge in [-0.3, -0.25) is 0 Å². The lowest BCUT2D eigenvalue weighted by molar-refractivity contribution is 0.0604. The van der Waals surface area contributed by atoms with E-state index in [4.69, 9.17) is 4.74 Å². The Morgan fingerprint density at radius 1 is 1.12 bits per heavy atom. The van der Waals surface area contributed by atoms with Gasteiger partial charge in [0.15, 0.2) is 0 Å². The lowest BCUT2D eigenvalue weighted by Gasteiger charge is -2.31. The number of benzene rings is 1. The fourth-order valence-corrected chi connectivity index (χ4v) is 4.88. The molecule has 1 aromatic heterocycles. The van der Waals surface area contributed by atoms with E-state index in [1.54, 1.807) is 35.9 Å². The second kappa shape index (κ2) is 7.19. The molecule has 2 aromatic rings. The third-order valence-corrected chi connectivity index (χ3v) is 6.78. The van der Waals surface area contributed by atoms with Crippen molar-refractivity contribution in [2.24, 2.45) is 0 Å². The van der Waals surface area contributed by atoms with E-state index in [1.807, 2.05) is 19.9 Å². The quantitative estimate of drug-likeness (QED) is 0.837. The molecule has 0 unspecified atom stereocenters. The summed E-state index contributed by atoms with van der Waals surface area (Å²) in [5, 5.41) is 7.68. The lowest BCUT2D eigenvalue weighted by atomic mass is 10.0. The molecule has 0 amide bonds. The molecular weight excluding hydrogens is 338 g/mol. The van der Waals surface area contributed by atoms with Crippen LogP contribution in [-0.2, 0) is 14.8 Å². The highest BCUT2D eigenvalue weighted by molar-refractivity contribution is 7.89. The van der Waals surface area contributed by atoms with Crippen molar-refractivity contribution in [1.29, 1.82) is 0 Å². The summed E-state index contributed by atoms with van der Waals surface area (Å²) in [6.45, 7) is 4.86. The molecule has 1 aliphatic heterocycles. The highest BCUT2D eigenvalue weighted by atomic mass is 32.2. The predicted octanol–water partition coefficient (Wildman–Crippen LogP) is 2.56. The van der Waals surface area contributed by atoms with Crippen LogP contribution < -0.4 is 0 Å². The van der Waals surface area contributed by atoms with Crippen LogP contribution in [0.1, 0.15) is 24.0 Å². The summed E-state index contributed by atoms with van der Waals surface area (Å²) in [6.07, 6.45) is 4.74. The molecule has 2 heterocycles. The number of aryl methyl sites for hydroxylation is 2. The summed E-state index contributed by atoms with van der Waals surface area (Å²) in [7, 11) is -1.91. The molecule has 1 aromatic carbocycles. The van der Waals surface area contributed by atoms with Crippen LogP contribution in [0.5, 0.6) is 0 Å². The van der Waals surface area contributed by atoms with E-state index in [1.165, 1.54) is 0 Å². The van der Waals surface area contributed by atoms with Crippen molar-refractivity contribution in [2.45, 2.75) is 37.7 Å². The minimum Gasteiger partial charge on any atom is -0.381 e. The van der Waals surface area contributed by atoms with Gasteiger partial charge in [-0.25, -0.2) is 8.42 Å². The van der Waals surface area contributed by atoms with Gasteiger partial charge in [0.05, 0.1) is 23.4 Å². The van der Waals surface area contributed by atoms with Crippen LogP contribution in [0.3, 0.4) is 0 Å². The SMILES string of the molecule is COC1CCN(S(=O)(=O)c2cc(C)c(C)cc2-c2ccnnc2)CC1. The molecule has 0 radical (unpaired) electrons. The Balaban J connectivity index is 2.05. The molecule has 1 fully saturated rings. The van der Waals surface area contributed by atoms with Crippen molar-refractivity contribution in [1.82, 2.24) is 14.5 Å². The van der Waals surface area contributed by atoms with E-state index in [9.17, 15) is 8.42 Å². The molecule has 3 rings (SSSR count). The van der Waals surface area contributed by atoms with Gasteiger partial charge in [0.1, 0.15) is 0 Å². The Labute approximate surface area is 148 Å². The fraction of sp³-hybridized carbons (Fsp3) is 0.444. The van der Waals surface area contributed by atoms with Gasteiger partial charge in [-0.1, -0.05) is 0 Å². The third-order valence-electron chi connectivity index (χ3n) is 4.84. The average molecular weight is 361 g/mol. The maximum atomic E-state index is 13.3. The molecule has 0 bridgehead atoms. The van der Waals surface area contributed by atoms with Crippen LogP contribution in [0.4, 0.5) is 0 Å². The van der Waals surface area contributed by atoms with Crippen molar-refractivity contribution in [3.63, 3.8) is 0 Å². The Bertz CT molecular complexity index is 845. The van der Waals surface area contributed by atoms with Crippen LogP contribution in [0, 0.1) is 13.8 Å². The first-order chi connectivity index (χ1) is 11.9. The summed E-state index contributed by atoms with van der Waals surface area (Å²) in [6, 6.07) is 5.47. The number of aromatic nitrogens is 2. The Morgan fingerprint density at radius 3 is 2.40 bits per heavy atom. The van der Waals surface area contributed by atoms with E-state index < -0.39 is 10.0 Å². The van der Waals surface area contributed by atoms with E-state index in [-0.39, 0.29) is 6.10 Å². The number of ether oxygens (including phenoxy) is 1. The van der Waals surface area contributed by atoms with Gasteiger partial charge in [0.25, 0.3) is 0 Å². The molecule has 0 saturated carbocycles. The standard InChI is InChI=1S/C18H23N3O3S/c1-13-10-17(15-4-7-19-20-12-15)18(11-14(13)2)25(22,23)21-8-5-16(24-3)6-9-21/h4,7,10-12,16H,5-6,8-9H2,1-3H3. The lowest BCUT2D eigenvalue weighted by Crippen LogP contribution is -2.40. The van der Waals surface area contributed by atoms with Crippen LogP contribution in [0.25, 0.3) is 11.1 Å². The predicted molar refractivity (Wildman–Crippen MR) is 95.7 cm³/mol. The topological polar surface area (TPSA) is 72.4 Å². The number of piperidine rings is 1. The van der Waals surface area contributed by atoms with Crippen LogP contribution in [-0.4, -0.2) is 49.2 Å². The average Bonchev–Trinajstić information content (AvgIpc) is 2.64. The van der Waals surface area contributed by atoms with Crippen molar-refractivity contribution in [3.8, 4) is 11.1 Å². The largest absolute Gasteiger partial charge is 0.381 e. The van der Waals surface area contributed by atoms with Crippen molar-refractivity contribution in [3.05, 3.63) is 41.7 Å². The van der Waals surface area contributed by atoms with Crippen LogP contribution >= 0.6 is 0 Å². The second-order valence-corrected chi connectivity index (χ2v) is 8.31. The molecule has 6 nitrogen and oxygen atoms in total. The smallest absolute Gasteiger partial charge is 0.243 e. The molecule has 0 atom stereocenters. The number of sulfonamides is 1. The Morgan fingerprint density at radius 2 is 1.80 bits per heavy atom. The third kappa shape index (κ3) is 3.58. The van der Waals surface area contributed by atoms with Gasteiger partial charge in [0, 0.05) is 31.3 Å². The van der Waals surface area contributed by atoms with Crippen molar-refractivity contribution < 1.29 is 13.2 Å². The molecule has 1 aliphatic rings. The number of rotatable bonds is 4. The zero-order valence-electron chi connectivity index (χ0n) is 14.8. The second-order valence-electron chi connectivity index (χ2n) is 6.40. The minimum atomic E-state index is -3.58. The molecule has 134 valence electrons. The maximum Gasteiger partial charge on any atom is 0.243 e. The minimum absolute atomic E-state index is 0.134. The first-order valence-electron chi connectivity index (χ1n) is 8.34. The molecule has 1 saturated heterocycles. The van der Waals surface area contributed by atoms with E-state index in [0.29, 0.717) is 36.4 Å². The van der Waals surface area contributed by atoms with Gasteiger partial charge >= 0.3 is 0 Å². The molecular formula is C18H23N3O3S. The van der Waals surface area contributed by atoms with Crippen molar-refractivity contribution >= 4 is 10.0 Å². The summed E-state index contributed by atoms with van der Waals surface area (Å²) in [5.74, 6) is 0. The van der Waals surface area contributed by atoms with Gasteiger partial charge < -0.3 is 4.74 Å². The summed E-state index contributed by atoms with van der Waals surface area (Å²) in [4.78, 5) is 0.333. The summed E-state index contributed by atoms with van der Waals surface area (Å²) >= 11 is 0. The first kappa shape index (κ1) is 18.0. The number of nitrogens with zero attached hydrogens (tertiary/aromatic N) is 3. The van der Waals surface area contributed by atoms with Gasteiger partial charge in [0.2, 0.25) is 10.0 Å². The normalized spacial score (nSPS) is 16.9. The highest BCUT2D eigenvalue weighted by Gasteiger charge is 2.31. The maximum absolute atomic E-state index is 13.3. The number of hydrogen-bond acceptors (Lipinski definition) is 5. The molecule has 7 heteroatoms. The van der Waals surface area contributed by atoms with E-state index in [0.717, 1.165) is 16.7 Å². The van der Waals surface area contributed by atoms with E-state index >= 15 is 0 Å². The molecule has 0 N–H and O–H groups in total. The van der Waals surface area contributed by atoms with Crippen LogP contribution in [0.2, 0.25) is 0 Å². The first-order valence-corrected chi connectivity index (χ1v) is 9.78. The van der Waals surface area contributed by atoms with Gasteiger partial charge in [-0.2, -0.15) is 14.5 Å². The zero-order valence-corrected chi connectivity index (χ0v) is 15.6.